The molecule has 1 atom stereocenters. The third-order valence-electron chi connectivity index (χ3n) is 4.04. The maximum atomic E-state index is 12.7. The first-order valence-electron chi connectivity index (χ1n) is 8.32. The van der Waals surface area contributed by atoms with Crippen molar-refractivity contribution in [2.75, 3.05) is 11.1 Å². The van der Waals surface area contributed by atoms with Gasteiger partial charge in [0, 0.05) is 17.1 Å². The van der Waals surface area contributed by atoms with Crippen molar-refractivity contribution < 1.29 is 9.53 Å². The molecule has 1 aliphatic heterocycles. The topological polar surface area (TPSA) is 81.9 Å². The molecule has 0 radical (unpaired) electrons. The van der Waals surface area contributed by atoms with E-state index in [0.717, 1.165) is 22.2 Å². The van der Waals surface area contributed by atoms with E-state index in [1.54, 1.807) is 16.4 Å². The van der Waals surface area contributed by atoms with E-state index in [1.165, 1.54) is 0 Å². The summed E-state index contributed by atoms with van der Waals surface area (Å²) in [6.45, 7) is 1.98. The molecule has 0 fully saturated rings. The van der Waals surface area contributed by atoms with Gasteiger partial charge in [0.15, 0.2) is 11.9 Å². The lowest BCUT2D eigenvalue weighted by Crippen LogP contribution is -2.37. The molecule has 0 spiro atoms. The van der Waals surface area contributed by atoms with Crippen molar-refractivity contribution in [3.63, 3.8) is 0 Å². The first-order valence-corrected chi connectivity index (χ1v) is 9.31. The molecule has 4 rings (SSSR count). The van der Waals surface area contributed by atoms with Gasteiger partial charge >= 0.3 is 0 Å². The average Bonchev–Trinajstić information content (AvgIpc) is 3.16. The summed E-state index contributed by atoms with van der Waals surface area (Å²) >= 11 is 1.62. The number of rotatable bonds is 4. The van der Waals surface area contributed by atoms with Gasteiger partial charge in [-0.3, -0.25) is 4.79 Å². The first kappa shape index (κ1) is 16.6. The number of nitrogens with zero attached hydrogens (tertiary/aromatic N) is 4. The monoisotopic (exact) mass is 367 g/mol. The number of fused-ring (bicyclic) bond motifs is 1. The Labute approximate surface area is 154 Å². The molecule has 132 valence electrons. The molecule has 1 aromatic heterocycles. The molecule has 8 heteroatoms. The molecule has 0 bridgehead atoms. The van der Waals surface area contributed by atoms with Crippen LogP contribution in [0.3, 0.4) is 0 Å². The van der Waals surface area contributed by atoms with Crippen LogP contribution in [0.4, 0.5) is 5.69 Å². The minimum absolute atomic E-state index is 0.189. The van der Waals surface area contributed by atoms with Crippen LogP contribution in [0.2, 0.25) is 0 Å². The number of benzene rings is 2. The summed E-state index contributed by atoms with van der Waals surface area (Å²) in [6, 6.07) is 15.2. The van der Waals surface area contributed by atoms with Gasteiger partial charge in [0.2, 0.25) is 0 Å². The van der Waals surface area contributed by atoms with Crippen LogP contribution in [-0.2, 0) is 11.2 Å². The number of hydrogen-bond donors (Lipinski definition) is 1. The summed E-state index contributed by atoms with van der Waals surface area (Å²) < 4.78 is 7.50. The van der Waals surface area contributed by atoms with Gasteiger partial charge in [0.25, 0.3) is 5.91 Å². The summed E-state index contributed by atoms with van der Waals surface area (Å²) in [5, 5.41) is 14.7. The minimum atomic E-state index is -0.553. The first-order chi connectivity index (χ1) is 12.8. The molecule has 1 unspecified atom stereocenters. The average molecular weight is 367 g/mol. The minimum Gasteiger partial charge on any atom is -0.479 e. The molecule has 1 N–H and O–H groups in total. The number of nitrogens with one attached hydrogen (secondary N) is 1. The van der Waals surface area contributed by atoms with Crippen LogP contribution in [-0.4, -0.2) is 38.0 Å². The van der Waals surface area contributed by atoms with Crippen molar-refractivity contribution in [2.45, 2.75) is 24.3 Å². The second kappa shape index (κ2) is 7.17. The van der Waals surface area contributed by atoms with Crippen LogP contribution in [0.25, 0.3) is 5.69 Å². The number of aromatic nitrogens is 4. The fraction of sp³-hybridized carbons (Fsp3) is 0.222. The van der Waals surface area contributed by atoms with Crippen LogP contribution in [0.1, 0.15) is 12.7 Å². The van der Waals surface area contributed by atoms with E-state index in [2.05, 4.69) is 20.8 Å². The summed E-state index contributed by atoms with van der Waals surface area (Å²) in [6.07, 6.45) is 0.136. The molecule has 2 aromatic carbocycles. The Morgan fingerprint density at radius 3 is 2.96 bits per heavy atom. The molecular formula is C18H17N5O2S. The zero-order valence-electron chi connectivity index (χ0n) is 14.1. The number of anilines is 1. The fourth-order valence-electron chi connectivity index (χ4n) is 2.74. The van der Waals surface area contributed by atoms with Gasteiger partial charge < -0.3 is 10.1 Å². The quantitative estimate of drug-likeness (QED) is 0.764. The third-order valence-corrected chi connectivity index (χ3v) is 5.16. The molecular weight excluding hydrogens is 350 g/mol. The predicted octanol–water partition coefficient (Wildman–Crippen LogP) is 2.72. The number of aryl methyl sites for hydroxylation is 1. The molecule has 26 heavy (non-hydrogen) atoms. The summed E-state index contributed by atoms with van der Waals surface area (Å²) in [7, 11) is 0. The highest BCUT2D eigenvalue weighted by Gasteiger charge is 2.27. The second-order valence-electron chi connectivity index (χ2n) is 5.73. The molecule has 1 amide bonds. The van der Waals surface area contributed by atoms with Gasteiger partial charge in [-0.1, -0.05) is 31.2 Å². The lowest BCUT2D eigenvalue weighted by atomic mass is 10.2. The highest BCUT2D eigenvalue weighted by molar-refractivity contribution is 7.99. The number of amides is 1. The van der Waals surface area contributed by atoms with E-state index in [4.69, 9.17) is 4.74 Å². The van der Waals surface area contributed by atoms with Crippen molar-refractivity contribution >= 4 is 23.4 Å². The molecule has 3 aromatic rings. The lowest BCUT2D eigenvalue weighted by Gasteiger charge is -2.25. The highest BCUT2D eigenvalue weighted by atomic mass is 32.2. The van der Waals surface area contributed by atoms with Gasteiger partial charge in [0.1, 0.15) is 5.75 Å². The predicted molar refractivity (Wildman–Crippen MR) is 98.7 cm³/mol. The van der Waals surface area contributed by atoms with E-state index in [1.807, 2.05) is 55.5 Å². The Bertz CT molecular complexity index is 943. The highest BCUT2D eigenvalue weighted by Crippen LogP contribution is 2.35. The standard InChI is InChI=1S/C18H17N5O2S/c1-2-17-20-21-22-23(17)13-8-4-3-7-12(13)19-18(24)15-11-26-16-10-6-5-9-14(16)25-15/h3-10,15H,2,11H2,1H3,(H,19,24). The maximum Gasteiger partial charge on any atom is 0.266 e. The summed E-state index contributed by atoms with van der Waals surface area (Å²) in [4.78, 5) is 13.8. The Kier molecular flexibility index (Phi) is 4.57. The number of para-hydroxylation sites is 3. The number of ether oxygens (including phenoxy) is 1. The lowest BCUT2D eigenvalue weighted by molar-refractivity contribution is -0.122. The summed E-state index contributed by atoms with van der Waals surface area (Å²) in [5.74, 6) is 1.84. The number of carbonyl (C=O) groups excluding carboxylic acids is 1. The fourth-order valence-corrected chi connectivity index (χ4v) is 3.72. The third kappa shape index (κ3) is 3.15. The second-order valence-corrected chi connectivity index (χ2v) is 6.79. The van der Waals surface area contributed by atoms with Crippen LogP contribution in [0.5, 0.6) is 5.75 Å². The zero-order chi connectivity index (χ0) is 17.9. The Morgan fingerprint density at radius 1 is 1.27 bits per heavy atom. The van der Waals surface area contributed by atoms with E-state index < -0.39 is 6.10 Å². The van der Waals surface area contributed by atoms with Crippen LogP contribution < -0.4 is 10.1 Å². The maximum absolute atomic E-state index is 12.7. The molecule has 2 heterocycles. The van der Waals surface area contributed by atoms with Gasteiger partial charge in [-0.2, -0.15) is 4.68 Å². The van der Waals surface area contributed by atoms with Crippen LogP contribution >= 0.6 is 11.8 Å². The van der Waals surface area contributed by atoms with Gasteiger partial charge in [-0.05, 0) is 34.7 Å². The SMILES string of the molecule is CCc1nnnn1-c1ccccc1NC(=O)C1CSc2ccccc2O1. The number of carbonyl (C=O) groups is 1. The normalized spacial score (nSPS) is 15.8. The molecule has 0 aliphatic carbocycles. The Morgan fingerprint density at radius 2 is 2.08 bits per heavy atom. The van der Waals surface area contributed by atoms with E-state index >= 15 is 0 Å². The van der Waals surface area contributed by atoms with Crippen molar-refractivity contribution in [1.29, 1.82) is 0 Å². The molecule has 0 saturated heterocycles. The molecule has 7 nitrogen and oxygen atoms in total. The van der Waals surface area contributed by atoms with Crippen molar-refractivity contribution in [3.8, 4) is 11.4 Å². The van der Waals surface area contributed by atoms with Crippen LogP contribution in [0.15, 0.2) is 53.4 Å². The van der Waals surface area contributed by atoms with Crippen molar-refractivity contribution in [1.82, 2.24) is 20.2 Å². The molecule has 1 aliphatic rings. The Balaban J connectivity index is 1.56. The number of thioether (sulfide) groups is 1. The number of hydrogen-bond acceptors (Lipinski definition) is 6. The smallest absolute Gasteiger partial charge is 0.266 e. The van der Waals surface area contributed by atoms with E-state index in [0.29, 0.717) is 17.9 Å². The van der Waals surface area contributed by atoms with Gasteiger partial charge in [0.05, 0.1) is 11.4 Å². The Hall–Kier alpha value is -2.87. The van der Waals surface area contributed by atoms with Crippen LogP contribution in [0, 0.1) is 0 Å². The van der Waals surface area contributed by atoms with Gasteiger partial charge in [-0.25, -0.2) is 0 Å². The number of tetrazole rings is 1. The largest absolute Gasteiger partial charge is 0.479 e. The van der Waals surface area contributed by atoms with Gasteiger partial charge in [-0.15, -0.1) is 16.9 Å². The van der Waals surface area contributed by atoms with Crippen molar-refractivity contribution in [2.24, 2.45) is 0 Å². The van der Waals surface area contributed by atoms with E-state index in [-0.39, 0.29) is 5.91 Å². The van der Waals surface area contributed by atoms with Crippen molar-refractivity contribution in [3.05, 3.63) is 54.4 Å². The van der Waals surface area contributed by atoms with E-state index in [9.17, 15) is 4.79 Å². The molecule has 0 saturated carbocycles. The zero-order valence-corrected chi connectivity index (χ0v) is 14.9. The summed E-state index contributed by atoms with van der Waals surface area (Å²) in [5.41, 5.74) is 1.37.